The molecule has 0 aliphatic heterocycles. The van der Waals surface area contributed by atoms with E-state index in [1.807, 2.05) is 48.5 Å². The summed E-state index contributed by atoms with van der Waals surface area (Å²) >= 11 is 0. The lowest BCUT2D eigenvalue weighted by atomic mass is 10.2. The summed E-state index contributed by atoms with van der Waals surface area (Å²) < 4.78 is 11.2. The second kappa shape index (κ2) is 10.2. The van der Waals surface area contributed by atoms with E-state index in [2.05, 4.69) is 25.3 Å². The summed E-state index contributed by atoms with van der Waals surface area (Å²) in [5, 5.41) is 0. The Labute approximate surface area is 145 Å². The van der Waals surface area contributed by atoms with Crippen molar-refractivity contribution in [3.63, 3.8) is 0 Å². The number of unbranched alkanes of at least 4 members (excludes halogenated alkanes) is 2. The van der Waals surface area contributed by atoms with Gasteiger partial charge in [-0.05, 0) is 55.0 Å². The molecule has 0 spiro atoms. The summed E-state index contributed by atoms with van der Waals surface area (Å²) in [6.07, 6.45) is 5.25. The van der Waals surface area contributed by atoms with E-state index in [4.69, 9.17) is 9.47 Å². The van der Waals surface area contributed by atoms with Crippen LogP contribution in [0.1, 0.15) is 37.3 Å². The number of rotatable bonds is 8. The Kier molecular flexibility index (Phi) is 7.50. The largest absolute Gasteiger partial charge is 0.494 e. The first-order valence-corrected chi connectivity index (χ1v) is 8.40. The van der Waals surface area contributed by atoms with Crippen molar-refractivity contribution >= 4 is 0 Å². The van der Waals surface area contributed by atoms with E-state index in [0.29, 0.717) is 6.61 Å². The summed E-state index contributed by atoms with van der Waals surface area (Å²) in [5.41, 5.74) is 1.93. The van der Waals surface area contributed by atoms with Gasteiger partial charge < -0.3 is 9.47 Å². The van der Waals surface area contributed by atoms with Crippen LogP contribution in [0.4, 0.5) is 0 Å². The lowest BCUT2D eigenvalue weighted by Crippen LogP contribution is -1.96. The molecule has 2 nitrogen and oxygen atoms in total. The van der Waals surface area contributed by atoms with Crippen LogP contribution in [0, 0.1) is 11.8 Å². The number of ether oxygens (including phenoxy) is 2. The van der Waals surface area contributed by atoms with E-state index < -0.39 is 0 Å². The Bertz CT molecular complexity index is 673. The second-order valence-electron chi connectivity index (χ2n) is 5.45. The molecular formula is C22H24O2. The lowest BCUT2D eigenvalue weighted by Gasteiger charge is -2.05. The monoisotopic (exact) mass is 320 g/mol. The van der Waals surface area contributed by atoms with Crippen LogP contribution >= 0.6 is 0 Å². The molecule has 0 atom stereocenters. The van der Waals surface area contributed by atoms with Crippen molar-refractivity contribution in [1.82, 2.24) is 0 Å². The normalized spacial score (nSPS) is 9.71. The van der Waals surface area contributed by atoms with Crippen molar-refractivity contribution in [1.29, 1.82) is 0 Å². The van der Waals surface area contributed by atoms with E-state index >= 15 is 0 Å². The van der Waals surface area contributed by atoms with Crippen molar-refractivity contribution in [2.75, 3.05) is 13.2 Å². The van der Waals surface area contributed by atoms with Gasteiger partial charge in [0.15, 0.2) is 0 Å². The molecule has 2 heteroatoms. The highest BCUT2D eigenvalue weighted by Gasteiger charge is 1.95. The summed E-state index contributed by atoms with van der Waals surface area (Å²) in [6, 6.07) is 15.7. The summed E-state index contributed by atoms with van der Waals surface area (Å²) in [6.45, 7) is 7.11. The zero-order chi connectivity index (χ0) is 17.0. The Morgan fingerprint density at radius 3 is 1.88 bits per heavy atom. The molecule has 0 unspecified atom stereocenters. The number of hydrogen-bond donors (Lipinski definition) is 0. The zero-order valence-electron chi connectivity index (χ0n) is 14.3. The van der Waals surface area contributed by atoms with E-state index in [-0.39, 0.29) is 0 Å². The Balaban J connectivity index is 1.89. The fourth-order valence-electron chi connectivity index (χ4n) is 2.11. The fourth-order valence-corrected chi connectivity index (χ4v) is 2.11. The van der Waals surface area contributed by atoms with Gasteiger partial charge in [0.05, 0.1) is 6.61 Å². The van der Waals surface area contributed by atoms with Gasteiger partial charge in [-0.15, -0.1) is 0 Å². The fraction of sp³-hybridized carbons (Fsp3) is 0.273. The molecule has 0 fully saturated rings. The Morgan fingerprint density at radius 1 is 0.833 bits per heavy atom. The van der Waals surface area contributed by atoms with Gasteiger partial charge in [-0.3, -0.25) is 0 Å². The van der Waals surface area contributed by atoms with E-state index in [0.717, 1.165) is 35.7 Å². The molecule has 0 saturated heterocycles. The minimum absolute atomic E-state index is 0.512. The van der Waals surface area contributed by atoms with Crippen LogP contribution in [-0.4, -0.2) is 13.2 Å². The molecular weight excluding hydrogens is 296 g/mol. The van der Waals surface area contributed by atoms with Gasteiger partial charge in [-0.25, -0.2) is 0 Å². The molecule has 2 rings (SSSR count). The highest BCUT2D eigenvalue weighted by atomic mass is 16.5. The predicted octanol–water partition coefficient (Wildman–Crippen LogP) is 5.22. The van der Waals surface area contributed by atoms with Gasteiger partial charge in [0.1, 0.15) is 18.1 Å². The van der Waals surface area contributed by atoms with Crippen molar-refractivity contribution < 1.29 is 9.47 Å². The molecule has 124 valence electrons. The second-order valence-corrected chi connectivity index (χ2v) is 5.45. The molecule has 2 aromatic carbocycles. The van der Waals surface area contributed by atoms with Crippen LogP contribution in [-0.2, 0) is 0 Å². The molecule has 0 amide bonds. The van der Waals surface area contributed by atoms with Gasteiger partial charge in [0.2, 0.25) is 0 Å². The maximum atomic E-state index is 5.70. The minimum Gasteiger partial charge on any atom is -0.494 e. The third-order valence-electron chi connectivity index (χ3n) is 3.44. The quantitative estimate of drug-likeness (QED) is 0.377. The van der Waals surface area contributed by atoms with Crippen LogP contribution < -0.4 is 9.47 Å². The van der Waals surface area contributed by atoms with Crippen LogP contribution in [0.2, 0.25) is 0 Å². The minimum atomic E-state index is 0.512. The lowest BCUT2D eigenvalue weighted by molar-refractivity contribution is 0.306. The first-order chi connectivity index (χ1) is 11.8. The molecule has 0 radical (unpaired) electrons. The molecule has 24 heavy (non-hydrogen) atoms. The average Bonchev–Trinajstić information content (AvgIpc) is 2.64. The van der Waals surface area contributed by atoms with Crippen molar-refractivity contribution in [2.24, 2.45) is 0 Å². The first-order valence-electron chi connectivity index (χ1n) is 8.40. The first kappa shape index (κ1) is 17.7. The van der Waals surface area contributed by atoms with E-state index in [9.17, 15) is 0 Å². The average molecular weight is 320 g/mol. The molecule has 0 heterocycles. The maximum absolute atomic E-state index is 5.70. The highest BCUT2D eigenvalue weighted by molar-refractivity contribution is 5.45. The van der Waals surface area contributed by atoms with Crippen LogP contribution in [0.25, 0.3) is 0 Å². The van der Waals surface area contributed by atoms with Crippen LogP contribution in [0.3, 0.4) is 0 Å². The van der Waals surface area contributed by atoms with Gasteiger partial charge in [0.25, 0.3) is 0 Å². The highest BCUT2D eigenvalue weighted by Crippen LogP contribution is 2.14. The molecule has 0 aliphatic rings. The number of benzene rings is 2. The Morgan fingerprint density at radius 2 is 1.38 bits per heavy atom. The summed E-state index contributed by atoms with van der Waals surface area (Å²) in [5.74, 6) is 8.05. The van der Waals surface area contributed by atoms with E-state index in [1.54, 1.807) is 6.08 Å². The zero-order valence-corrected chi connectivity index (χ0v) is 14.3. The van der Waals surface area contributed by atoms with Gasteiger partial charge in [0, 0.05) is 11.1 Å². The van der Waals surface area contributed by atoms with Crippen molar-refractivity contribution in [3.05, 3.63) is 72.3 Å². The van der Waals surface area contributed by atoms with Crippen molar-refractivity contribution in [2.45, 2.75) is 26.2 Å². The predicted molar refractivity (Wildman–Crippen MR) is 99.6 cm³/mol. The summed E-state index contributed by atoms with van der Waals surface area (Å²) in [4.78, 5) is 0. The van der Waals surface area contributed by atoms with Gasteiger partial charge in [-0.2, -0.15) is 0 Å². The van der Waals surface area contributed by atoms with Gasteiger partial charge in [-0.1, -0.05) is 44.3 Å². The molecule has 0 N–H and O–H groups in total. The molecule has 0 aromatic heterocycles. The third kappa shape index (κ3) is 6.22. The molecule has 2 aromatic rings. The van der Waals surface area contributed by atoms with Gasteiger partial charge >= 0.3 is 0 Å². The SMILES string of the molecule is C=CCOc1ccc(C#Cc2ccc(OCCCCC)cc2)cc1. The maximum Gasteiger partial charge on any atom is 0.119 e. The molecule has 0 aliphatic carbocycles. The van der Waals surface area contributed by atoms with Crippen LogP contribution in [0.5, 0.6) is 11.5 Å². The standard InChI is InChI=1S/C22H24O2/c1-3-5-6-18-24-22-15-11-20(12-16-22)8-7-19-9-13-21(14-10-19)23-17-4-2/h4,9-16H,2-3,5-6,17-18H2,1H3. The topological polar surface area (TPSA) is 18.5 Å². The Hall–Kier alpha value is -2.66. The van der Waals surface area contributed by atoms with E-state index in [1.165, 1.54) is 12.8 Å². The smallest absolute Gasteiger partial charge is 0.119 e. The van der Waals surface area contributed by atoms with Crippen LogP contribution in [0.15, 0.2) is 61.2 Å². The number of hydrogen-bond acceptors (Lipinski definition) is 2. The summed E-state index contributed by atoms with van der Waals surface area (Å²) in [7, 11) is 0. The molecule has 0 bridgehead atoms. The third-order valence-corrected chi connectivity index (χ3v) is 3.44. The molecule has 0 saturated carbocycles. The van der Waals surface area contributed by atoms with Crippen molar-refractivity contribution in [3.8, 4) is 23.3 Å².